The van der Waals surface area contributed by atoms with Crippen LogP contribution in [0.3, 0.4) is 0 Å². The lowest BCUT2D eigenvalue weighted by Crippen LogP contribution is -2.39. The SMILES string of the molecule is CC(=O)Nc1cccc(Nc2cc(C(=O)N3CCCC(C)C3)nc(C)n2)c1. The molecular formula is C20H25N5O2. The molecule has 1 unspecified atom stereocenters. The predicted octanol–water partition coefficient (Wildman–Crippen LogP) is 3.36. The number of nitrogens with one attached hydrogen (secondary N) is 2. The van der Waals surface area contributed by atoms with E-state index < -0.39 is 0 Å². The average molecular weight is 367 g/mol. The van der Waals surface area contributed by atoms with Crippen molar-refractivity contribution in [2.24, 2.45) is 5.92 Å². The first-order valence-electron chi connectivity index (χ1n) is 9.20. The number of hydrogen-bond acceptors (Lipinski definition) is 5. The van der Waals surface area contributed by atoms with E-state index in [-0.39, 0.29) is 11.8 Å². The molecule has 0 spiro atoms. The molecule has 7 nitrogen and oxygen atoms in total. The van der Waals surface area contributed by atoms with Gasteiger partial charge >= 0.3 is 0 Å². The number of nitrogens with zero attached hydrogens (tertiary/aromatic N) is 3. The third-order valence-electron chi connectivity index (χ3n) is 4.46. The summed E-state index contributed by atoms with van der Waals surface area (Å²) < 4.78 is 0. The minimum Gasteiger partial charge on any atom is -0.340 e. The van der Waals surface area contributed by atoms with Crippen LogP contribution in [0, 0.1) is 12.8 Å². The molecule has 0 radical (unpaired) electrons. The number of piperidine rings is 1. The van der Waals surface area contributed by atoms with Gasteiger partial charge in [0.25, 0.3) is 5.91 Å². The monoisotopic (exact) mass is 367 g/mol. The molecule has 1 saturated heterocycles. The van der Waals surface area contributed by atoms with Crippen molar-refractivity contribution in [2.75, 3.05) is 23.7 Å². The van der Waals surface area contributed by atoms with E-state index >= 15 is 0 Å². The van der Waals surface area contributed by atoms with Gasteiger partial charge in [-0.1, -0.05) is 13.0 Å². The Balaban J connectivity index is 1.79. The maximum atomic E-state index is 12.8. The van der Waals surface area contributed by atoms with Gasteiger partial charge in [0.2, 0.25) is 5.91 Å². The van der Waals surface area contributed by atoms with Crippen molar-refractivity contribution < 1.29 is 9.59 Å². The molecule has 2 N–H and O–H groups in total. The van der Waals surface area contributed by atoms with Crippen molar-refractivity contribution >= 4 is 29.0 Å². The van der Waals surface area contributed by atoms with Crippen LogP contribution in [0.1, 0.15) is 43.0 Å². The van der Waals surface area contributed by atoms with Crippen molar-refractivity contribution in [3.05, 3.63) is 41.9 Å². The lowest BCUT2D eigenvalue weighted by Gasteiger charge is -2.30. The Hall–Kier alpha value is -2.96. The summed E-state index contributed by atoms with van der Waals surface area (Å²) >= 11 is 0. The van der Waals surface area contributed by atoms with Crippen LogP contribution >= 0.6 is 0 Å². The van der Waals surface area contributed by atoms with Crippen molar-refractivity contribution in [3.8, 4) is 0 Å². The highest BCUT2D eigenvalue weighted by Gasteiger charge is 2.23. The van der Waals surface area contributed by atoms with E-state index in [0.717, 1.165) is 31.6 Å². The molecule has 2 heterocycles. The molecule has 1 aromatic heterocycles. The van der Waals surface area contributed by atoms with Crippen LogP contribution in [0.25, 0.3) is 0 Å². The van der Waals surface area contributed by atoms with Gasteiger partial charge in [-0.25, -0.2) is 9.97 Å². The highest BCUT2D eigenvalue weighted by atomic mass is 16.2. The second-order valence-electron chi connectivity index (χ2n) is 7.07. The number of carbonyl (C=O) groups excluding carboxylic acids is 2. The highest BCUT2D eigenvalue weighted by Crippen LogP contribution is 2.21. The summed E-state index contributed by atoms with van der Waals surface area (Å²) in [6.45, 7) is 6.94. The van der Waals surface area contributed by atoms with Gasteiger partial charge in [0.05, 0.1) is 0 Å². The molecule has 1 aromatic carbocycles. The lowest BCUT2D eigenvalue weighted by atomic mass is 10.00. The number of carbonyl (C=O) groups is 2. The molecule has 27 heavy (non-hydrogen) atoms. The summed E-state index contributed by atoms with van der Waals surface area (Å²) in [4.78, 5) is 34.7. The minimum absolute atomic E-state index is 0.0536. The fraction of sp³-hybridized carbons (Fsp3) is 0.400. The standard InChI is InChI=1S/C20H25N5O2/c1-13-6-5-9-25(12-13)20(27)18-11-19(22-14(2)21-18)24-17-8-4-7-16(10-17)23-15(3)26/h4,7-8,10-11,13H,5-6,9,12H2,1-3H3,(H,23,26)(H,21,22,24). The first kappa shape index (κ1) is 18.8. The van der Waals surface area contributed by atoms with Crippen LogP contribution < -0.4 is 10.6 Å². The largest absolute Gasteiger partial charge is 0.340 e. The third kappa shape index (κ3) is 5.03. The topological polar surface area (TPSA) is 87.2 Å². The summed E-state index contributed by atoms with van der Waals surface area (Å²) in [5.41, 5.74) is 1.86. The number of aromatic nitrogens is 2. The summed E-state index contributed by atoms with van der Waals surface area (Å²) in [5, 5.41) is 5.94. The van der Waals surface area contributed by atoms with Crippen LogP contribution in [-0.4, -0.2) is 39.8 Å². The van der Waals surface area contributed by atoms with Gasteiger partial charge < -0.3 is 15.5 Å². The number of anilines is 3. The van der Waals surface area contributed by atoms with E-state index in [2.05, 4.69) is 27.5 Å². The van der Waals surface area contributed by atoms with Crippen molar-refractivity contribution in [2.45, 2.75) is 33.6 Å². The van der Waals surface area contributed by atoms with Gasteiger partial charge in [-0.15, -0.1) is 0 Å². The Morgan fingerprint density at radius 1 is 1.19 bits per heavy atom. The quantitative estimate of drug-likeness (QED) is 0.865. The smallest absolute Gasteiger partial charge is 0.272 e. The van der Waals surface area contributed by atoms with E-state index in [1.54, 1.807) is 13.0 Å². The molecule has 0 aliphatic carbocycles. The zero-order chi connectivity index (χ0) is 19.4. The van der Waals surface area contributed by atoms with E-state index in [9.17, 15) is 9.59 Å². The summed E-state index contributed by atoms with van der Waals surface area (Å²) in [6.07, 6.45) is 2.18. The molecular weight excluding hydrogens is 342 g/mol. The van der Waals surface area contributed by atoms with Gasteiger partial charge in [0.1, 0.15) is 17.3 Å². The Morgan fingerprint density at radius 2 is 1.96 bits per heavy atom. The second kappa shape index (κ2) is 8.16. The zero-order valence-electron chi connectivity index (χ0n) is 16.0. The van der Waals surface area contributed by atoms with Crippen LogP contribution in [0.5, 0.6) is 0 Å². The van der Waals surface area contributed by atoms with Gasteiger partial charge in [-0.3, -0.25) is 9.59 Å². The Labute approximate surface area is 159 Å². The fourth-order valence-electron chi connectivity index (χ4n) is 3.30. The summed E-state index contributed by atoms with van der Waals surface area (Å²) in [5.74, 6) is 1.41. The molecule has 142 valence electrons. The molecule has 2 amide bonds. The van der Waals surface area contributed by atoms with E-state index in [1.807, 2.05) is 29.2 Å². The highest BCUT2D eigenvalue weighted by molar-refractivity contribution is 5.93. The summed E-state index contributed by atoms with van der Waals surface area (Å²) in [6, 6.07) is 9.01. The number of likely N-dealkylation sites (tertiary alicyclic amines) is 1. The summed E-state index contributed by atoms with van der Waals surface area (Å²) in [7, 11) is 0. The predicted molar refractivity (Wildman–Crippen MR) is 105 cm³/mol. The van der Waals surface area contributed by atoms with Crippen LogP contribution in [0.15, 0.2) is 30.3 Å². The van der Waals surface area contributed by atoms with Crippen molar-refractivity contribution in [3.63, 3.8) is 0 Å². The molecule has 3 rings (SSSR count). The lowest BCUT2D eigenvalue weighted by molar-refractivity contribution is -0.114. The first-order chi connectivity index (χ1) is 12.9. The molecule has 7 heteroatoms. The average Bonchev–Trinajstić information content (AvgIpc) is 2.60. The maximum Gasteiger partial charge on any atom is 0.272 e. The molecule has 1 fully saturated rings. The number of hydrogen-bond donors (Lipinski definition) is 2. The Bertz CT molecular complexity index is 852. The van der Waals surface area contributed by atoms with Crippen molar-refractivity contribution in [1.29, 1.82) is 0 Å². The van der Waals surface area contributed by atoms with Gasteiger partial charge in [0.15, 0.2) is 0 Å². The van der Waals surface area contributed by atoms with Gasteiger partial charge in [-0.2, -0.15) is 0 Å². The molecule has 1 aliphatic rings. The van der Waals surface area contributed by atoms with E-state index in [1.165, 1.54) is 6.92 Å². The van der Waals surface area contributed by atoms with Gasteiger partial charge in [-0.05, 0) is 43.9 Å². The number of rotatable bonds is 4. The number of aryl methyl sites for hydroxylation is 1. The maximum absolute atomic E-state index is 12.8. The molecule has 1 atom stereocenters. The normalized spacial score (nSPS) is 16.7. The molecule has 0 saturated carbocycles. The van der Waals surface area contributed by atoms with Gasteiger partial charge in [0, 0.05) is 37.5 Å². The second-order valence-corrected chi connectivity index (χ2v) is 7.07. The van der Waals surface area contributed by atoms with Crippen LogP contribution in [0.2, 0.25) is 0 Å². The number of benzene rings is 1. The fourth-order valence-corrected chi connectivity index (χ4v) is 3.30. The Kier molecular flexibility index (Phi) is 5.69. The zero-order valence-corrected chi connectivity index (χ0v) is 16.0. The van der Waals surface area contributed by atoms with E-state index in [0.29, 0.717) is 28.9 Å². The molecule has 2 aromatic rings. The van der Waals surface area contributed by atoms with E-state index in [4.69, 9.17) is 0 Å². The molecule has 1 aliphatic heterocycles. The Morgan fingerprint density at radius 3 is 2.70 bits per heavy atom. The third-order valence-corrected chi connectivity index (χ3v) is 4.46. The van der Waals surface area contributed by atoms with Crippen molar-refractivity contribution in [1.82, 2.24) is 14.9 Å². The van der Waals surface area contributed by atoms with Crippen LogP contribution in [-0.2, 0) is 4.79 Å². The number of amides is 2. The first-order valence-corrected chi connectivity index (χ1v) is 9.20. The van der Waals surface area contributed by atoms with Crippen LogP contribution in [0.4, 0.5) is 17.2 Å². The minimum atomic E-state index is -0.131. The molecule has 0 bridgehead atoms.